The Bertz CT molecular complexity index is 1960. The molecule has 2 aromatic heterocycles. The molecule has 10 nitrogen and oxygen atoms in total. The van der Waals surface area contributed by atoms with Gasteiger partial charge in [-0.1, -0.05) is 17.3 Å². The van der Waals surface area contributed by atoms with E-state index in [-0.39, 0.29) is 0 Å². The van der Waals surface area contributed by atoms with Crippen LogP contribution in [0.3, 0.4) is 0 Å². The number of nitrogens with zero attached hydrogens (tertiary/aromatic N) is 2. The van der Waals surface area contributed by atoms with Crippen molar-refractivity contribution in [2.24, 2.45) is 0 Å². The molecular weight excluding hydrogens is 644 g/mol. The Morgan fingerprint density at radius 2 is 1.16 bits per heavy atom. The number of hydrogen-bond donors (Lipinski definition) is 0. The fourth-order valence-electron chi connectivity index (χ4n) is 5.38. The van der Waals surface area contributed by atoms with E-state index >= 15 is 0 Å². The number of thiazole rings is 1. The van der Waals surface area contributed by atoms with E-state index in [0.29, 0.717) is 64.9 Å². The number of fused-ring (bicyclic) bond motifs is 1. The number of para-hydroxylation sites is 1. The molecule has 0 aliphatic carbocycles. The molecule has 6 aromatic rings. The first-order valence-electron chi connectivity index (χ1n) is 15.8. The molecule has 0 bridgehead atoms. The number of hydrogen-bond acceptors (Lipinski definition) is 11. The number of benzene rings is 4. The van der Waals surface area contributed by atoms with Crippen molar-refractivity contribution in [2.75, 3.05) is 48.8 Å². The van der Waals surface area contributed by atoms with Gasteiger partial charge in [-0.25, -0.2) is 4.98 Å². The summed E-state index contributed by atoms with van der Waals surface area (Å²) in [6.07, 6.45) is 2.62. The molecule has 49 heavy (non-hydrogen) atoms. The van der Waals surface area contributed by atoms with Crippen molar-refractivity contribution in [3.63, 3.8) is 0 Å². The van der Waals surface area contributed by atoms with Gasteiger partial charge in [-0.15, -0.1) is 11.3 Å². The SMILES string of the molecule is COc1ccc(-c2cc(-c3cc(OC)c(OC)c(OC)c3)[14n]o2)cc1OCCCCCOc1cc(-c2nc3ccccc3s2)ccc1OC. The molecule has 2 heterocycles. The summed E-state index contributed by atoms with van der Waals surface area (Å²) in [5, 5.41) is 5.24. The molecule has 0 saturated heterocycles. The Balaban J connectivity index is 1.04. The van der Waals surface area contributed by atoms with Gasteiger partial charge >= 0.3 is 0 Å². The Morgan fingerprint density at radius 1 is 0.571 bits per heavy atom. The van der Waals surface area contributed by atoms with Crippen LogP contribution in [0.25, 0.3) is 43.4 Å². The van der Waals surface area contributed by atoms with Crippen molar-refractivity contribution in [1.82, 2.24) is 10.1 Å². The molecular formula is C38H38N2O8S. The van der Waals surface area contributed by atoms with E-state index in [9.17, 15) is 0 Å². The third-order valence-electron chi connectivity index (χ3n) is 7.93. The van der Waals surface area contributed by atoms with Crippen LogP contribution < -0.4 is 33.2 Å². The van der Waals surface area contributed by atoms with Gasteiger partial charge in [0.1, 0.15) is 10.7 Å². The molecule has 0 radical (unpaired) electrons. The highest BCUT2D eigenvalue weighted by Crippen LogP contribution is 2.42. The smallest absolute Gasteiger partial charge is 0.203 e. The standard InChI is InChI=1S/C38H38N2O8S/c1-41-29-15-13-24(31-23-28(40-48-31)26-21-34(43-3)37(45-5)35(22-26)44-4)19-32(29)46-17-9-6-10-18-47-33-20-25(14-16-30(33)42-2)38-39-27-11-7-8-12-36(27)49-38/h7-8,11-16,19-23H,6,9-10,17-18H2,1-5H3/i40+0. The van der Waals surface area contributed by atoms with Gasteiger partial charge in [-0.2, -0.15) is 0 Å². The highest BCUT2D eigenvalue weighted by atomic mass is 32.1. The van der Waals surface area contributed by atoms with Gasteiger partial charge in [0.15, 0.2) is 40.3 Å². The van der Waals surface area contributed by atoms with Gasteiger partial charge in [0, 0.05) is 22.8 Å². The first-order valence-corrected chi connectivity index (χ1v) is 16.6. The maximum Gasteiger partial charge on any atom is 0.203 e. The average Bonchev–Trinajstić information content (AvgIpc) is 3.82. The molecule has 0 aliphatic rings. The fraction of sp³-hybridized carbons (Fsp3) is 0.263. The van der Waals surface area contributed by atoms with Crippen LogP contribution in [0.15, 0.2) is 83.4 Å². The van der Waals surface area contributed by atoms with Gasteiger partial charge in [-0.3, -0.25) is 0 Å². The number of rotatable bonds is 16. The van der Waals surface area contributed by atoms with Crippen LogP contribution in [-0.4, -0.2) is 58.9 Å². The second-order valence-corrected chi connectivity index (χ2v) is 12.0. The highest BCUT2D eigenvalue weighted by molar-refractivity contribution is 7.21. The summed E-state index contributed by atoms with van der Waals surface area (Å²) in [7, 11) is 7.99. The molecule has 4 aromatic carbocycles. The van der Waals surface area contributed by atoms with E-state index in [0.717, 1.165) is 51.2 Å². The molecule has 0 amide bonds. The van der Waals surface area contributed by atoms with Gasteiger partial charge in [0.25, 0.3) is 0 Å². The Labute approximate surface area is 289 Å². The highest BCUT2D eigenvalue weighted by Gasteiger charge is 2.18. The van der Waals surface area contributed by atoms with E-state index in [2.05, 4.69) is 11.2 Å². The molecule has 254 valence electrons. The van der Waals surface area contributed by atoms with Gasteiger partial charge in [0.05, 0.1) is 59.0 Å². The van der Waals surface area contributed by atoms with Gasteiger partial charge < -0.3 is 37.7 Å². The molecule has 0 aliphatic heterocycles. The first kappa shape index (κ1) is 33.5. The predicted octanol–water partition coefficient (Wildman–Crippen LogP) is 8.96. The second kappa shape index (κ2) is 15.7. The summed E-state index contributed by atoms with van der Waals surface area (Å²) in [4.78, 5) is 4.78. The average molecular weight is 683 g/mol. The van der Waals surface area contributed by atoms with Crippen LogP contribution in [0, 0.1) is 0 Å². The van der Waals surface area contributed by atoms with Gasteiger partial charge in [0.2, 0.25) is 5.75 Å². The fourth-order valence-corrected chi connectivity index (χ4v) is 6.34. The maximum absolute atomic E-state index is 6.16. The summed E-state index contributed by atoms with van der Waals surface area (Å²) < 4.78 is 46.7. The van der Waals surface area contributed by atoms with Crippen LogP contribution in [-0.2, 0) is 0 Å². The van der Waals surface area contributed by atoms with Crippen LogP contribution in [0.1, 0.15) is 19.3 Å². The number of ether oxygens (including phenoxy) is 7. The molecule has 0 atom stereocenters. The molecule has 0 N–H and O–H groups in total. The first-order chi connectivity index (χ1) is 24.0. The van der Waals surface area contributed by atoms with E-state index in [1.165, 1.54) is 0 Å². The van der Waals surface area contributed by atoms with E-state index in [4.69, 9.17) is 42.7 Å². The molecule has 0 unspecified atom stereocenters. The van der Waals surface area contributed by atoms with E-state index in [1.807, 2.05) is 72.8 Å². The largest absolute Gasteiger partial charge is 0.493 e. The minimum absolute atomic E-state index is 0.508. The Kier molecular flexibility index (Phi) is 10.7. The lowest BCUT2D eigenvalue weighted by Crippen LogP contribution is -2.03. The van der Waals surface area contributed by atoms with Crippen molar-refractivity contribution in [3.8, 4) is 73.4 Å². The van der Waals surface area contributed by atoms with E-state index in [1.54, 1.807) is 46.9 Å². The summed E-state index contributed by atoms with van der Waals surface area (Å²) >= 11 is 1.66. The van der Waals surface area contributed by atoms with Crippen molar-refractivity contribution in [3.05, 3.63) is 78.9 Å². The quantitative estimate of drug-likeness (QED) is 0.0919. The van der Waals surface area contributed by atoms with Crippen LogP contribution in [0.2, 0.25) is 0 Å². The third kappa shape index (κ3) is 7.52. The molecule has 0 spiro atoms. The van der Waals surface area contributed by atoms with E-state index < -0.39 is 0 Å². The second-order valence-electron chi connectivity index (χ2n) is 11.0. The minimum Gasteiger partial charge on any atom is -0.493 e. The van der Waals surface area contributed by atoms with Crippen molar-refractivity contribution in [2.45, 2.75) is 19.3 Å². The zero-order valence-corrected chi connectivity index (χ0v) is 28.9. The maximum atomic E-state index is 6.16. The number of unbranched alkanes of at least 4 members (excludes halogenated alkanes) is 2. The summed E-state index contributed by atoms with van der Waals surface area (Å²) in [5.74, 6) is 4.81. The van der Waals surface area contributed by atoms with Gasteiger partial charge in [-0.05, 0) is 79.9 Å². The summed E-state index contributed by atoms with van der Waals surface area (Å²) in [6, 6.07) is 25.3. The van der Waals surface area contributed by atoms with Crippen molar-refractivity contribution >= 4 is 21.6 Å². The molecule has 11 heteroatoms. The lowest BCUT2D eigenvalue weighted by Gasteiger charge is -2.13. The number of aromatic nitrogens is 2. The minimum atomic E-state index is 0.508. The van der Waals surface area contributed by atoms with Crippen molar-refractivity contribution in [1.29, 1.82) is 0 Å². The lowest BCUT2D eigenvalue weighted by molar-refractivity contribution is 0.264. The van der Waals surface area contributed by atoms with Crippen LogP contribution in [0.4, 0.5) is 0 Å². The number of methoxy groups -OCH3 is 5. The van der Waals surface area contributed by atoms with Crippen LogP contribution >= 0.6 is 11.3 Å². The Hall–Kier alpha value is -5.42. The molecule has 6 rings (SSSR count). The monoisotopic (exact) mass is 682 g/mol. The zero-order valence-electron chi connectivity index (χ0n) is 28.1. The predicted molar refractivity (Wildman–Crippen MR) is 190 cm³/mol. The zero-order chi connectivity index (χ0) is 34.2. The van der Waals surface area contributed by atoms with Crippen LogP contribution in [0.5, 0.6) is 40.2 Å². The molecule has 0 fully saturated rings. The third-order valence-corrected chi connectivity index (χ3v) is 9.01. The topological polar surface area (TPSA) is 104 Å². The summed E-state index contributed by atoms with van der Waals surface area (Å²) in [5.41, 5.74) is 4.18. The normalized spacial score (nSPS) is 11.0. The Morgan fingerprint density at radius 3 is 1.78 bits per heavy atom. The van der Waals surface area contributed by atoms with Crippen molar-refractivity contribution < 1.29 is 37.7 Å². The lowest BCUT2D eigenvalue weighted by atomic mass is 10.1. The molecule has 0 saturated carbocycles. The summed E-state index contributed by atoms with van der Waals surface area (Å²) in [6.45, 7) is 1.07.